The Balaban J connectivity index is 2.31. The van der Waals surface area contributed by atoms with E-state index in [0.717, 1.165) is 4.88 Å². The van der Waals surface area contributed by atoms with Gasteiger partial charge in [-0.15, -0.1) is 11.3 Å². The van der Waals surface area contributed by atoms with Gasteiger partial charge in [0.1, 0.15) is 10.3 Å². The van der Waals surface area contributed by atoms with Crippen molar-refractivity contribution >= 4 is 38.1 Å². The number of hydrogen-bond acceptors (Lipinski definition) is 5. The van der Waals surface area contributed by atoms with E-state index < -0.39 is 27.0 Å². The van der Waals surface area contributed by atoms with Gasteiger partial charge in [-0.25, -0.2) is 13.2 Å². The Hall–Kier alpha value is -1.41. The summed E-state index contributed by atoms with van der Waals surface area (Å²) in [4.78, 5) is 24.5. The van der Waals surface area contributed by atoms with E-state index in [4.69, 9.17) is 0 Å². The van der Waals surface area contributed by atoms with Crippen LogP contribution in [-0.2, 0) is 21.1 Å². The molecule has 2 rings (SSSR count). The van der Waals surface area contributed by atoms with Crippen molar-refractivity contribution in [3.05, 3.63) is 16.0 Å². The standard InChI is InChI=1S/C14H19NO5S2/c1-3-9-8(2)21-13(11(9)14(17)18)15-12(16)10-6-4-5-7-22(10,19)20/h10H,3-7H2,1-2H3,(H,15,16)(H,17,18). The van der Waals surface area contributed by atoms with Crippen molar-refractivity contribution in [1.82, 2.24) is 0 Å². The van der Waals surface area contributed by atoms with Crippen LogP contribution in [0, 0.1) is 6.92 Å². The Bertz CT molecular complexity index is 705. The molecule has 0 saturated carbocycles. The Morgan fingerprint density at radius 2 is 2.05 bits per heavy atom. The summed E-state index contributed by atoms with van der Waals surface area (Å²) in [6.45, 7) is 3.64. The molecular formula is C14H19NO5S2. The average Bonchev–Trinajstić information content (AvgIpc) is 2.73. The van der Waals surface area contributed by atoms with Crippen LogP contribution < -0.4 is 5.32 Å². The molecule has 1 aromatic rings. The van der Waals surface area contributed by atoms with E-state index in [2.05, 4.69) is 5.32 Å². The number of anilines is 1. The number of rotatable bonds is 4. The molecule has 1 aromatic heterocycles. The number of thiophene rings is 1. The van der Waals surface area contributed by atoms with Crippen molar-refractivity contribution in [1.29, 1.82) is 0 Å². The Kier molecular flexibility index (Phi) is 4.91. The summed E-state index contributed by atoms with van der Waals surface area (Å²) < 4.78 is 24.0. The van der Waals surface area contributed by atoms with Crippen LogP contribution in [0.15, 0.2) is 0 Å². The molecular weight excluding hydrogens is 326 g/mol. The molecule has 22 heavy (non-hydrogen) atoms. The lowest BCUT2D eigenvalue weighted by atomic mass is 10.1. The monoisotopic (exact) mass is 345 g/mol. The molecule has 0 aromatic carbocycles. The third-order valence-corrected chi connectivity index (χ3v) is 7.12. The maximum atomic E-state index is 12.3. The molecule has 122 valence electrons. The fourth-order valence-electron chi connectivity index (χ4n) is 2.76. The Morgan fingerprint density at radius 3 is 2.59 bits per heavy atom. The maximum absolute atomic E-state index is 12.3. The van der Waals surface area contributed by atoms with Gasteiger partial charge in [-0.3, -0.25) is 4.79 Å². The molecule has 2 heterocycles. The van der Waals surface area contributed by atoms with Crippen molar-refractivity contribution < 1.29 is 23.1 Å². The lowest BCUT2D eigenvalue weighted by Gasteiger charge is -2.21. The lowest BCUT2D eigenvalue weighted by Crippen LogP contribution is -2.39. The number of hydrogen-bond donors (Lipinski definition) is 2. The van der Waals surface area contributed by atoms with E-state index in [9.17, 15) is 23.1 Å². The highest BCUT2D eigenvalue weighted by Gasteiger charge is 2.35. The summed E-state index contributed by atoms with van der Waals surface area (Å²) in [6, 6.07) is 0. The number of carboxylic acids is 1. The van der Waals surface area contributed by atoms with Gasteiger partial charge in [-0.1, -0.05) is 13.3 Å². The second-order valence-corrected chi connectivity index (χ2v) is 8.87. The van der Waals surface area contributed by atoms with Crippen LogP contribution in [0.3, 0.4) is 0 Å². The van der Waals surface area contributed by atoms with Gasteiger partial charge in [-0.05, 0) is 31.7 Å². The van der Waals surface area contributed by atoms with Gasteiger partial charge >= 0.3 is 5.97 Å². The minimum atomic E-state index is -3.44. The van der Waals surface area contributed by atoms with Crippen LogP contribution in [0.5, 0.6) is 0 Å². The van der Waals surface area contributed by atoms with Crippen LogP contribution >= 0.6 is 11.3 Å². The highest BCUT2D eigenvalue weighted by molar-refractivity contribution is 7.92. The quantitative estimate of drug-likeness (QED) is 0.871. The summed E-state index contributed by atoms with van der Waals surface area (Å²) in [5.74, 6) is -1.71. The fourth-order valence-corrected chi connectivity index (χ4v) is 5.70. The maximum Gasteiger partial charge on any atom is 0.339 e. The molecule has 1 atom stereocenters. The van der Waals surface area contributed by atoms with Crippen molar-refractivity contribution in [2.75, 3.05) is 11.1 Å². The van der Waals surface area contributed by atoms with Gasteiger partial charge in [-0.2, -0.15) is 0 Å². The SMILES string of the molecule is CCc1c(C)sc(NC(=O)C2CCCCS2(=O)=O)c1C(=O)O. The predicted octanol–water partition coefficient (Wildman–Crippen LogP) is 2.22. The second kappa shape index (κ2) is 6.37. The lowest BCUT2D eigenvalue weighted by molar-refractivity contribution is -0.116. The predicted molar refractivity (Wildman–Crippen MR) is 85.4 cm³/mol. The number of carbonyl (C=O) groups is 2. The molecule has 1 amide bonds. The van der Waals surface area contributed by atoms with E-state index in [1.807, 2.05) is 6.92 Å². The summed E-state index contributed by atoms with van der Waals surface area (Å²) in [5.41, 5.74) is 0.755. The summed E-state index contributed by atoms with van der Waals surface area (Å²) in [6.07, 6.45) is 2.10. The number of amides is 1. The zero-order valence-corrected chi connectivity index (χ0v) is 14.1. The number of carboxylic acid groups (broad SMARTS) is 1. The van der Waals surface area contributed by atoms with E-state index in [0.29, 0.717) is 31.2 Å². The zero-order valence-electron chi connectivity index (χ0n) is 12.5. The van der Waals surface area contributed by atoms with Crippen LogP contribution in [-0.4, -0.2) is 36.4 Å². The largest absolute Gasteiger partial charge is 0.478 e. The molecule has 0 spiro atoms. The van der Waals surface area contributed by atoms with Crippen LogP contribution in [0.2, 0.25) is 0 Å². The van der Waals surface area contributed by atoms with Gasteiger partial charge < -0.3 is 10.4 Å². The summed E-state index contributed by atoms with van der Waals surface area (Å²) in [7, 11) is -3.44. The van der Waals surface area contributed by atoms with Gasteiger partial charge in [0.25, 0.3) is 0 Å². The average molecular weight is 345 g/mol. The number of nitrogens with one attached hydrogen (secondary N) is 1. The fraction of sp³-hybridized carbons (Fsp3) is 0.571. The van der Waals surface area contributed by atoms with Gasteiger partial charge in [0.2, 0.25) is 5.91 Å². The smallest absolute Gasteiger partial charge is 0.339 e. The van der Waals surface area contributed by atoms with Crippen molar-refractivity contribution in [3.63, 3.8) is 0 Å². The molecule has 1 aliphatic rings. The number of aromatic carboxylic acids is 1. The number of sulfone groups is 1. The van der Waals surface area contributed by atoms with Crippen LogP contribution in [0.25, 0.3) is 0 Å². The van der Waals surface area contributed by atoms with E-state index in [1.165, 1.54) is 11.3 Å². The molecule has 8 heteroatoms. The van der Waals surface area contributed by atoms with Crippen molar-refractivity contribution in [2.45, 2.75) is 44.8 Å². The third kappa shape index (κ3) is 3.17. The molecule has 6 nitrogen and oxygen atoms in total. The first-order valence-electron chi connectivity index (χ1n) is 7.16. The molecule has 0 bridgehead atoms. The van der Waals surface area contributed by atoms with Gasteiger partial charge in [0, 0.05) is 4.88 Å². The highest BCUT2D eigenvalue weighted by atomic mass is 32.2. The zero-order chi connectivity index (χ0) is 16.5. The minimum absolute atomic E-state index is 0.0144. The molecule has 0 aliphatic carbocycles. The third-order valence-electron chi connectivity index (χ3n) is 3.88. The summed E-state index contributed by atoms with van der Waals surface area (Å²) >= 11 is 1.18. The molecule has 0 radical (unpaired) electrons. The number of aryl methyl sites for hydroxylation is 1. The van der Waals surface area contributed by atoms with E-state index in [-0.39, 0.29) is 16.3 Å². The van der Waals surface area contributed by atoms with Gasteiger partial charge in [0.05, 0.1) is 11.3 Å². The molecule has 1 aliphatic heterocycles. The van der Waals surface area contributed by atoms with E-state index >= 15 is 0 Å². The minimum Gasteiger partial charge on any atom is -0.478 e. The first-order chi connectivity index (χ1) is 10.3. The number of carbonyl (C=O) groups excluding carboxylic acids is 1. The van der Waals surface area contributed by atoms with Gasteiger partial charge in [0.15, 0.2) is 9.84 Å². The second-order valence-electron chi connectivity index (χ2n) is 5.34. The topological polar surface area (TPSA) is 101 Å². The Morgan fingerprint density at radius 1 is 1.36 bits per heavy atom. The molecule has 2 N–H and O–H groups in total. The van der Waals surface area contributed by atoms with Crippen LogP contribution in [0.4, 0.5) is 5.00 Å². The molecule has 1 unspecified atom stereocenters. The van der Waals surface area contributed by atoms with Crippen molar-refractivity contribution in [2.24, 2.45) is 0 Å². The highest BCUT2D eigenvalue weighted by Crippen LogP contribution is 2.34. The Labute approximate surface area is 133 Å². The summed E-state index contributed by atoms with van der Waals surface area (Å²) in [5, 5.41) is 11.0. The first kappa shape index (κ1) is 17.0. The normalized spacial score (nSPS) is 20.5. The van der Waals surface area contributed by atoms with Crippen molar-refractivity contribution in [3.8, 4) is 0 Å². The molecule has 1 saturated heterocycles. The molecule has 1 fully saturated rings. The van der Waals surface area contributed by atoms with Crippen LogP contribution in [0.1, 0.15) is 47.0 Å². The van der Waals surface area contributed by atoms with E-state index in [1.54, 1.807) is 6.92 Å². The first-order valence-corrected chi connectivity index (χ1v) is 9.69.